The van der Waals surface area contributed by atoms with Crippen LogP contribution in [0.4, 0.5) is 5.69 Å². The smallest absolute Gasteiger partial charge is 0.287 e. The van der Waals surface area contributed by atoms with Crippen LogP contribution in [0.3, 0.4) is 0 Å². The van der Waals surface area contributed by atoms with Crippen molar-refractivity contribution in [2.24, 2.45) is 0 Å². The van der Waals surface area contributed by atoms with Crippen LogP contribution in [-0.2, 0) is 13.1 Å². The van der Waals surface area contributed by atoms with E-state index in [2.05, 4.69) is 15.6 Å². The number of aromatic nitrogens is 3. The molecule has 0 amide bonds. The fourth-order valence-electron chi connectivity index (χ4n) is 1.90. The third kappa shape index (κ3) is 2.85. The Morgan fingerprint density at radius 1 is 1.45 bits per heavy atom. The molecule has 0 unspecified atom stereocenters. The molecule has 1 N–H and O–H groups in total. The molecule has 20 heavy (non-hydrogen) atoms. The van der Waals surface area contributed by atoms with Crippen molar-refractivity contribution in [1.82, 2.24) is 14.9 Å². The molecule has 2 heterocycles. The van der Waals surface area contributed by atoms with Crippen molar-refractivity contribution < 1.29 is 4.52 Å². The quantitative estimate of drug-likeness (QED) is 0.918. The molecule has 0 atom stereocenters. The van der Waals surface area contributed by atoms with Gasteiger partial charge in [0.15, 0.2) is 0 Å². The molecular weight excluding hydrogens is 280 g/mol. The SMILES string of the molecule is CCCn1ncc(NCc2c(C)noc2C)c(Cl)c1=O. The molecule has 2 aromatic heterocycles. The lowest BCUT2D eigenvalue weighted by Crippen LogP contribution is -2.24. The maximum absolute atomic E-state index is 12.0. The zero-order valence-electron chi connectivity index (χ0n) is 11.7. The molecule has 108 valence electrons. The Morgan fingerprint density at radius 3 is 2.80 bits per heavy atom. The Balaban J connectivity index is 2.19. The zero-order chi connectivity index (χ0) is 14.7. The topological polar surface area (TPSA) is 73.0 Å². The number of hydrogen-bond acceptors (Lipinski definition) is 5. The van der Waals surface area contributed by atoms with E-state index in [1.165, 1.54) is 4.68 Å². The monoisotopic (exact) mass is 296 g/mol. The lowest BCUT2D eigenvalue weighted by Gasteiger charge is -2.09. The van der Waals surface area contributed by atoms with Crippen LogP contribution >= 0.6 is 11.6 Å². The second-order valence-electron chi connectivity index (χ2n) is 4.56. The number of hydrogen-bond donors (Lipinski definition) is 1. The Bertz CT molecular complexity index is 643. The number of nitrogens with one attached hydrogen (secondary N) is 1. The molecule has 0 spiro atoms. The van der Waals surface area contributed by atoms with Crippen LogP contribution in [0.25, 0.3) is 0 Å². The van der Waals surface area contributed by atoms with Crippen molar-refractivity contribution in [3.8, 4) is 0 Å². The molecule has 2 aromatic rings. The second-order valence-corrected chi connectivity index (χ2v) is 4.93. The van der Waals surface area contributed by atoms with E-state index in [9.17, 15) is 4.79 Å². The molecule has 0 saturated carbocycles. The molecule has 0 aliphatic carbocycles. The molecule has 2 rings (SSSR count). The van der Waals surface area contributed by atoms with Gasteiger partial charge in [-0.1, -0.05) is 23.7 Å². The fourth-order valence-corrected chi connectivity index (χ4v) is 2.11. The van der Waals surface area contributed by atoms with Crippen LogP contribution in [0.5, 0.6) is 0 Å². The van der Waals surface area contributed by atoms with E-state index in [1.807, 2.05) is 20.8 Å². The van der Waals surface area contributed by atoms with Gasteiger partial charge in [0, 0.05) is 18.7 Å². The van der Waals surface area contributed by atoms with Gasteiger partial charge in [-0.25, -0.2) is 4.68 Å². The molecule has 0 bridgehead atoms. The van der Waals surface area contributed by atoms with Gasteiger partial charge < -0.3 is 9.84 Å². The Hall–Kier alpha value is -1.82. The van der Waals surface area contributed by atoms with Crippen molar-refractivity contribution in [3.63, 3.8) is 0 Å². The maximum Gasteiger partial charge on any atom is 0.287 e. The van der Waals surface area contributed by atoms with Gasteiger partial charge in [-0.05, 0) is 20.3 Å². The van der Waals surface area contributed by atoms with E-state index < -0.39 is 0 Å². The molecule has 0 radical (unpaired) electrons. The minimum Gasteiger partial charge on any atom is -0.378 e. The average molecular weight is 297 g/mol. The minimum atomic E-state index is -0.280. The first-order chi connectivity index (χ1) is 9.54. The third-order valence-electron chi connectivity index (χ3n) is 3.06. The van der Waals surface area contributed by atoms with Gasteiger partial charge in [-0.15, -0.1) is 0 Å². The van der Waals surface area contributed by atoms with Gasteiger partial charge in [0.25, 0.3) is 5.56 Å². The van der Waals surface area contributed by atoms with Crippen LogP contribution in [0, 0.1) is 13.8 Å². The lowest BCUT2D eigenvalue weighted by molar-refractivity contribution is 0.392. The summed E-state index contributed by atoms with van der Waals surface area (Å²) in [4.78, 5) is 12.0. The fraction of sp³-hybridized carbons (Fsp3) is 0.462. The van der Waals surface area contributed by atoms with Crippen LogP contribution in [0.1, 0.15) is 30.4 Å². The normalized spacial score (nSPS) is 10.8. The summed E-state index contributed by atoms with van der Waals surface area (Å²) in [5.41, 5.74) is 2.01. The van der Waals surface area contributed by atoms with E-state index in [0.717, 1.165) is 23.4 Å². The third-order valence-corrected chi connectivity index (χ3v) is 3.42. The Labute approximate surface area is 121 Å². The summed E-state index contributed by atoms with van der Waals surface area (Å²) in [6, 6.07) is 0. The van der Waals surface area contributed by atoms with Crippen molar-refractivity contribution in [1.29, 1.82) is 0 Å². The summed E-state index contributed by atoms with van der Waals surface area (Å²) in [6.07, 6.45) is 2.40. The number of anilines is 1. The first-order valence-corrected chi connectivity index (χ1v) is 6.83. The summed E-state index contributed by atoms with van der Waals surface area (Å²) in [5, 5.41) is 11.2. The molecule has 0 fully saturated rings. The van der Waals surface area contributed by atoms with Crippen molar-refractivity contribution >= 4 is 17.3 Å². The van der Waals surface area contributed by atoms with E-state index in [-0.39, 0.29) is 10.6 Å². The Kier molecular flexibility index (Phi) is 4.44. The molecule has 7 heteroatoms. The summed E-state index contributed by atoms with van der Waals surface area (Å²) in [5.74, 6) is 0.749. The summed E-state index contributed by atoms with van der Waals surface area (Å²) >= 11 is 6.08. The van der Waals surface area contributed by atoms with Crippen molar-refractivity contribution in [2.45, 2.75) is 40.3 Å². The molecular formula is C13H17ClN4O2. The minimum absolute atomic E-state index is 0.153. The number of halogens is 1. The van der Waals surface area contributed by atoms with Gasteiger partial charge >= 0.3 is 0 Å². The van der Waals surface area contributed by atoms with Crippen LogP contribution in [0.15, 0.2) is 15.5 Å². The summed E-state index contributed by atoms with van der Waals surface area (Å²) in [7, 11) is 0. The molecule has 0 saturated heterocycles. The van der Waals surface area contributed by atoms with Gasteiger partial charge in [0.05, 0.1) is 17.6 Å². The highest BCUT2D eigenvalue weighted by atomic mass is 35.5. The number of aryl methyl sites for hydroxylation is 3. The zero-order valence-corrected chi connectivity index (χ0v) is 12.5. The second kappa shape index (κ2) is 6.09. The standard InChI is InChI=1S/C13H17ClN4O2/c1-4-5-18-13(19)12(14)11(7-16-18)15-6-10-8(2)17-20-9(10)3/h7,15H,4-6H2,1-3H3. The predicted octanol–water partition coefficient (Wildman–Crippen LogP) is 2.52. The maximum atomic E-state index is 12.0. The van der Waals surface area contributed by atoms with Gasteiger partial charge in [0.1, 0.15) is 10.8 Å². The van der Waals surface area contributed by atoms with Crippen molar-refractivity contribution in [2.75, 3.05) is 5.32 Å². The predicted molar refractivity (Wildman–Crippen MR) is 77.1 cm³/mol. The van der Waals surface area contributed by atoms with Gasteiger partial charge in [0.2, 0.25) is 0 Å². The molecule has 6 nitrogen and oxygen atoms in total. The van der Waals surface area contributed by atoms with Crippen molar-refractivity contribution in [3.05, 3.63) is 38.6 Å². The average Bonchev–Trinajstić information content (AvgIpc) is 2.74. The first-order valence-electron chi connectivity index (χ1n) is 6.45. The van der Waals surface area contributed by atoms with E-state index in [0.29, 0.717) is 18.8 Å². The summed E-state index contributed by atoms with van der Waals surface area (Å²) in [6.45, 7) is 6.73. The molecule has 0 aliphatic rings. The van der Waals surface area contributed by atoms with Crippen LogP contribution in [0.2, 0.25) is 5.02 Å². The first kappa shape index (κ1) is 14.6. The highest BCUT2D eigenvalue weighted by Crippen LogP contribution is 2.19. The van der Waals surface area contributed by atoms with E-state index >= 15 is 0 Å². The van der Waals surface area contributed by atoms with E-state index in [4.69, 9.17) is 16.1 Å². The molecule has 0 aliphatic heterocycles. The lowest BCUT2D eigenvalue weighted by atomic mass is 10.2. The number of nitrogens with zero attached hydrogens (tertiary/aromatic N) is 3. The molecule has 0 aromatic carbocycles. The van der Waals surface area contributed by atoms with Crippen LogP contribution in [-0.4, -0.2) is 14.9 Å². The highest BCUT2D eigenvalue weighted by molar-refractivity contribution is 6.32. The van der Waals surface area contributed by atoms with Gasteiger partial charge in [-0.3, -0.25) is 4.79 Å². The van der Waals surface area contributed by atoms with E-state index in [1.54, 1.807) is 6.20 Å². The van der Waals surface area contributed by atoms with Crippen LogP contribution < -0.4 is 10.9 Å². The highest BCUT2D eigenvalue weighted by Gasteiger charge is 2.12. The van der Waals surface area contributed by atoms with Gasteiger partial charge in [-0.2, -0.15) is 5.10 Å². The largest absolute Gasteiger partial charge is 0.378 e. The number of rotatable bonds is 5. The summed E-state index contributed by atoms with van der Waals surface area (Å²) < 4.78 is 6.45. The Morgan fingerprint density at radius 2 is 2.20 bits per heavy atom.